The summed E-state index contributed by atoms with van der Waals surface area (Å²) in [6, 6.07) is 20.5. The standard InChI is InChI=1S/C25H25N3OS2/c1-17-11-18(2)22-13-20(24(29)27-23(22)12-17)15-28(16-21-9-6-10-31-21)25(30)26-14-19-7-4-3-5-8-19/h3-13H,14-16H2,1-2H3,(H,26,30)(H,27,29). The van der Waals surface area contributed by atoms with Crippen molar-refractivity contribution < 1.29 is 0 Å². The first-order chi connectivity index (χ1) is 15.0. The highest BCUT2D eigenvalue weighted by atomic mass is 32.1. The lowest BCUT2D eigenvalue weighted by Crippen LogP contribution is -2.39. The van der Waals surface area contributed by atoms with Crippen LogP contribution >= 0.6 is 23.6 Å². The Balaban J connectivity index is 1.60. The van der Waals surface area contributed by atoms with Crippen LogP contribution in [0.15, 0.2) is 70.8 Å². The Kier molecular flexibility index (Phi) is 6.49. The highest BCUT2D eigenvalue weighted by Crippen LogP contribution is 2.20. The van der Waals surface area contributed by atoms with Crippen LogP contribution in [0.1, 0.15) is 27.1 Å². The molecule has 0 aliphatic heterocycles. The largest absolute Gasteiger partial charge is 0.358 e. The zero-order chi connectivity index (χ0) is 21.8. The number of hydrogen-bond acceptors (Lipinski definition) is 3. The van der Waals surface area contributed by atoms with Gasteiger partial charge in [0, 0.05) is 27.9 Å². The van der Waals surface area contributed by atoms with E-state index in [0.717, 1.165) is 27.6 Å². The summed E-state index contributed by atoms with van der Waals surface area (Å²) in [4.78, 5) is 19.2. The molecule has 2 heterocycles. The van der Waals surface area contributed by atoms with E-state index in [0.29, 0.717) is 30.3 Å². The first-order valence-electron chi connectivity index (χ1n) is 10.2. The summed E-state index contributed by atoms with van der Waals surface area (Å²) >= 11 is 7.43. The first-order valence-corrected chi connectivity index (χ1v) is 11.5. The number of nitrogens with one attached hydrogen (secondary N) is 2. The lowest BCUT2D eigenvalue weighted by Gasteiger charge is -2.25. The van der Waals surface area contributed by atoms with Crippen molar-refractivity contribution in [2.24, 2.45) is 0 Å². The molecule has 2 aromatic carbocycles. The fourth-order valence-electron chi connectivity index (χ4n) is 3.71. The van der Waals surface area contributed by atoms with Crippen molar-refractivity contribution in [3.8, 4) is 0 Å². The molecule has 4 aromatic rings. The fraction of sp³-hybridized carbons (Fsp3) is 0.200. The molecule has 2 aromatic heterocycles. The van der Waals surface area contributed by atoms with E-state index in [1.165, 1.54) is 4.88 Å². The molecule has 6 heteroatoms. The maximum Gasteiger partial charge on any atom is 0.253 e. The van der Waals surface area contributed by atoms with Gasteiger partial charge < -0.3 is 15.2 Å². The molecule has 4 nitrogen and oxygen atoms in total. The minimum atomic E-state index is -0.0699. The van der Waals surface area contributed by atoms with E-state index in [9.17, 15) is 4.79 Å². The SMILES string of the molecule is Cc1cc(C)c2cc(CN(Cc3cccs3)C(=S)NCc3ccccc3)c(=O)[nH]c2c1. The predicted molar refractivity (Wildman–Crippen MR) is 133 cm³/mol. The molecule has 0 aliphatic rings. The Labute approximate surface area is 191 Å². The summed E-state index contributed by atoms with van der Waals surface area (Å²) in [5.41, 5.74) is 4.97. The van der Waals surface area contributed by atoms with Gasteiger partial charge in [-0.3, -0.25) is 4.79 Å². The third-order valence-electron chi connectivity index (χ3n) is 5.25. The molecule has 0 radical (unpaired) electrons. The number of H-pyrrole nitrogens is 1. The second-order valence-electron chi connectivity index (χ2n) is 7.75. The van der Waals surface area contributed by atoms with Crippen molar-refractivity contribution in [1.82, 2.24) is 15.2 Å². The highest BCUT2D eigenvalue weighted by Gasteiger charge is 2.15. The van der Waals surface area contributed by atoms with Gasteiger partial charge in [0.1, 0.15) is 0 Å². The van der Waals surface area contributed by atoms with Crippen LogP contribution in [0.3, 0.4) is 0 Å². The third-order valence-corrected chi connectivity index (χ3v) is 6.52. The molecule has 0 spiro atoms. The van der Waals surface area contributed by atoms with Crippen LogP contribution in [0.5, 0.6) is 0 Å². The van der Waals surface area contributed by atoms with Gasteiger partial charge in [-0.15, -0.1) is 11.3 Å². The monoisotopic (exact) mass is 447 g/mol. The Morgan fingerprint density at radius 3 is 2.61 bits per heavy atom. The van der Waals surface area contributed by atoms with Crippen molar-refractivity contribution in [3.05, 3.63) is 104 Å². The molecule has 0 fully saturated rings. The molecule has 0 saturated heterocycles. The summed E-state index contributed by atoms with van der Waals surface area (Å²) < 4.78 is 0. The van der Waals surface area contributed by atoms with Gasteiger partial charge in [0.2, 0.25) is 0 Å². The van der Waals surface area contributed by atoms with E-state index in [4.69, 9.17) is 12.2 Å². The fourth-order valence-corrected chi connectivity index (χ4v) is 4.64. The normalized spacial score (nSPS) is 10.9. The second-order valence-corrected chi connectivity index (χ2v) is 9.17. The number of thiocarbonyl (C=S) groups is 1. The maximum atomic E-state index is 12.9. The number of pyridine rings is 1. The summed E-state index contributed by atoms with van der Waals surface area (Å²) in [5.74, 6) is 0. The van der Waals surface area contributed by atoms with Crippen LogP contribution in [-0.2, 0) is 19.6 Å². The molecular weight excluding hydrogens is 422 g/mol. The first kappa shape index (κ1) is 21.3. The Morgan fingerprint density at radius 1 is 1.06 bits per heavy atom. The van der Waals surface area contributed by atoms with Crippen molar-refractivity contribution in [2.75, 3.05) is 0 Å². The smallest absolute Gasteiger partial charge is 0.253 e. The number of fused-ring (bicyclic) bond motifs is 1. The second kappa shape index (κ2) is 9.45. The number of aromatic nitrogens is 1. The minimum absolute atomic E-state index is 0.0699. The molecule has 4 rings (SSSR count). The molecule has 158 valence electrons. The average Bonchev–Trinajstić information content (AvgIpc) is 3.26. The quantitative estimate of drug-likeness (QED) is 0.395. The summed E-state index contributed by atoms with van der Waals surface area (Å²) in [7, 11) is 0. The van der Waals surface area contributed by atoms with Crippen LogP contribution < -0.4 is 10.9 Å². The lowest BCUT2D eigenvalue weighted by atomic mass is 10.0. The molecule has 0 saturated carbocycles. The Bertz CT molecular complexity index is 1250. The van der Waals surface area contributed by atoms with Gasteiger partial charge in [0.25, 0.3) is 5.56 Å². The number of thiophene rings is 1. The number of aryl methyl sites for hydroxylation is 2. The van der Waals surface area contributed by atoms with E-state index in [1.807, 2.05) is 43.3 Å². The number of hydrogen-bond donors (Lipinski definition) is 2. The molecule has 0 bridgehead atoms. The van der Waals surface area contributed by atoms with Crippen LogP contribution in [0, 0.1) is 13.8 Å². The minimum Gasteiger partial charge on any atom is -0.358 e. The van der Waals surface area contributed by atoms with E-state index in [-0.39, 0.29) is 5.56 Å². The van der Waals surface area contributed by atoms with Gasteiger partial charge >= 0.3 is 0 Å². The van der Waals surface area contributed by atoms with E-state index in [2.05, 4.69) is 51.8 Å². The number of aromatic amines is 1. The van der Waals surface area contributed by atoms with E-state index >= 15 is 0 Å². The molecular formula is C25H25N3OS2. The van der Waals surface area contributed by atoms with Gasteiger partial charge in [0.15, 0.2) is 5.11 Å². The van der Waals surface area contributed by atoms with Crippen molar-refractivity contribution >= 4 is 39.6 Å². The predicted octanol–water partition coefficient (Wildman–Crippen LogP) is 5.28. The number of benzene rings is 2. The van der Waals surface area contributed by atoms with Crippen LogP contribution in [-0.4, -0.2) is 15.0 Å². The van der Waals surface area contributed by atoms with Gasteiger partial charge in [-0.2, -0.15) is 0 Å². The topological polar surface area (TPSA) is 48.1 Å². The summed E-state index contributed by atoms with van der Waals surface area (Å²) in [5, 5.41) is 7.12. The number of nitrogens with zero attached hydrogens (tertiary/aromatic N) is 1. The van der Waals surface area contributed by atoms with Crippen LogP contribution in [0.25, 0.3) is 10.9 Å². The summed E-state index contributed by atoms with van der Waals surface area (Å²) in [6.07, 6.45) is 0. The van der Waals surface area contributed by atoms with Gasteiger partial charge in [-0.25, -0.2) is 0 Å². The Morgan fingerprint density at radius 2 is 1.87 bits per heavy atom. The zero-order valence-corrected chi connectivity index (χ0v) is 19.3. The highest BCUT2D eigenvalue weighted by molar-refractivity contribution is 7.80. The molecule has 31 heavy (non-hydrogen) atoms. The number of rotatable bonds is 6. The van der Waals surface area contributed by atoms with Crippen molar-refractivity contribution in [1.29, 1.82) is 0 Å². The van der Waals surface area contributed by atoms with Crippen molar-refractivity contribution in [2.45, 2.75) is 33.5 Å². The van der Waals surface area contributed by atoms with Crippen LogP contribution in [0.2, 0.25) is 0 Å². The van der Waals surface area contributed by atoms with E-state index in [1.54, 1.807) is 11.3 Å². The van der Waals surface area contributed by atoms with Crippen molar-refractivity contribution in [3.63, 3.8) is 0 Å². The van der Waals surface area contributed by atoms with Gasteiger partial charge in [-0.05, 0) is 66.3 Å². The molecule has 2 N–H and O–H groups in total. The molecule has 0 atom stereocenters. The van der Waals surface area contributed by atoms with Gasteiger partial charge in [-0.1, -0.05) is 42.5 Å². The van der Waals surface area contributed by atoms with Gasteiger partial charge in [0.05, 0.1) is 13.1 Å². The van der Waals surface area contributed by atoms with E-state index < -0.39 is 0 Å². The molecule has 0 amide bonds. The zero-order valence-electron chi connectivity index (χ0n) is 17.6. The lowest BCUT2D eigenvalue weighted by molar-refractivity contribution is 0.400. The maximum absolute atomic E-state index is 12.9. The summed E-state index contributed by atoms with van der Waals surface area (Å²) in [6.45, 7) is 5.86. The third kappa shape index (κ3) is 5.21. The van der Waals surface area contributed by atoms with Crippen LogP contribution in [0.4, 0.5) is 0 Å². The average molecular weight is 448 g/mol. The molecule has 0 aliphatic carbocycles. The molecule has 0 unspecified atom stereocenters. The Hall–Kier alpha value is -2.96.